The molecule has 0 amide bonds. The smallest absolute Gasteiger partial charge is 0.128 e. The molecular weight excluding hydrogens is 250 g/mol. The highest BCUT2D eigenvalue weighted by atomic mass is 15.3. The fraction of sp³-hybridized carbons (Fsp3) is 0.333. The van der Waals surface area contributed by atoms with Crippen molar-refractivity contribution in [2.75, 3.05) is 41.7 Å². The van der Waals surface area contributed by atoms with Crippen LogP contribution in [0.5, 0.6) is 0 Å². The lowest BCUT2D eigenvalue weighted by Gasteiger charge is -2.37. The van der Waals surface area contributed by atoms with Gasteiger partial charge in [0, 0.05) is 38.6 Å². The molecule has 2 aromatic heterocycles. The summed E-state index contributed by atoms with van der Waals surface area (Å²) in [5.74, 6) is 1.05. The molecule has 0 radical (unpaired) electrons. The molecule has 3 rings (SSSR count). The third-order valence-corrected chi connectivity index (χ3v) is 3.67. The second-order valence-electron chi connectivity index (χ2n) is 5.10. The van der Waals surface area contributed by atoms with Gasteiger partial charge in [0.2, 0.25) is 0 Å². The van der Waals surface area contributed by atoms with Gasteiger partial charge in [-0.15, -0.1) is 0 Å². The summed E-state index contributed by atoms with van der Waals surface area (Å²) in [6.45, 7) is 5.87. The number of pyridine rings is 2. The van der Waals surface area contributed by atoms with E-state index in [9.17, 15) is 0 Å². The van der Waals surface area contributed by atoms with Gasteiger partial charge in [0.05, 0.1) is 17.6 Å². The first kappa shape index (κ1) is 12.7. The monoisotopic (exact) mass is 269 g/mol. The van der Waals surface area contributed by atoms with Gasteiger partial charge in [0.15, 0.2) is 0 Å². The zero-order valence-electron chi connectivity index (χ0n) is 11.7. The van der Waals surface area contributed by atoms with Crippen molar-refractivity contribution in [1.82, 2.24) is 9.97 Å². The van der Waals surface area contributed by atoms with Crippen LogP contribution in [0.4, 0.5) is 17.2 Å². The van der Waals surface area contributed by atoms with Crippen molar-refractivity contribution in [3.05, 3.63) is 42.4 Å². The van der Waals surface area contributed by atoms with Gasteiger partial charge >= 0.3 is 0 Å². The number of aryl methyl sites for hydroxylation is 1. The Labute approximate surface area is 119 Å². The van der Waals surface area contributed by atoms with E-state index in [-0.39, 0.29) is 0 Å². The van der Waals surface area contributed by atoms with E-state index in [1.807, 2.05) is 12.3 Å². The van der Waals surface area contributed by atoms with Crippen LogP contribution in [-0.2, 0) is 0 Å². The van der Waals surface area contributed by atoms with E-state index < -0.39 is 0 Å². The van der Waals surface area contributed by atoms with Gasteiger partial charge in [-0.1, -0.05) is 6.07 Å². The molecule has 3 heterocycles. The summed E-state index contributed by atoms with van der Waals surface area (Å²) in [5.41, 5.74) is 9.00. The van der Waals surface area contributed by atoms with Gasteiger partial charge in [-0.25, -0.2) is 4.98 Å². The van der Waals surface area contributed by atoms with Crippen LogP contribution >= 0.6 is 0 Å². The molecule has 1 aliphatic rings. The van der Waals surface area contributed by atoms with E-state index in [2.05, 4.69) is 38.8 Å². The van der Waals surface area contributed by atoms with Crippen molar-refractivity contribution in [3.63, 3.8) is 0 Å². The number of nitrogens with zero attached hydrogens (tertiary/aromatic N) is 4. The molecule has 2 N–H and O–H groups in total. The Balaban J connectivity index is 1.68. The maximum Gasteiger partial charge on any atom is 0.128 e. The molecule has 0 bridgehead atoms. The van der Waals surface area contributed by atoms with Crippen LogP contribution in [0.1, 0.15) is 5.56 Å². The fourth-order valence-electron chi connectivity index (χ4n) is 2.51. The topological polar surface area (TPSA) is 58.3 Å². The molecule has 0 atom stereocenters. The number of rotatable bonds is 2. The average Bonchev–Trinajstić information content (AvgIpc) is 2.49. The molecule has 0 unspecified atom stereocenters. The summed E-state index contributed by atoms with van der Waals surface area (Å²) in [6.07, 6.45) is 5.42. The molecule has 0 saturated carbocycles. The van der Waals surface area contributed by atoms with Crippen molar-refractivity contribution < 1.29 is 0 Å². The van der Waals surface area contributed by atoms with Crippen LogP contribution in [0.2, 0.25) is 0 Å². The minimum absolute atomic E-state index is 0.745. The van der Waals surface area contributed by atoms with Crippen LogP contribution in [0.15, 0.2) is 36.8 Å². The number of nitrogen functional groups attached to an aromatic ring is 1. The summed E-state index contributed by atoms with van der Waals surface area (Å²) < 4.78 is 0. The van der Waals surface area contributed by atoms with Crippen molar-refractivity contribution >= 4 is 17.2 Å². The van der Waals surface area contributed by atoms with Crippen LogP contribution in [0.3, 0.4) is 0 Å². The number of aromatic nitrogens is 2. The summed E-state index contributed by atoms with van der Waals surface area (Å²) >= 11 is 0. The zero-order valence-corrected chi connectivity index (χ0v) is 11.7. The van der Waals surface area contributed by atoms with E-state index in [1.165, 1.54) is 5.56 Å². The Morgan fingerprint density at radius 1 is 1.00 bits per heavy atom. The molecule has 1 aliphatic heterocycles. The fourth-order valence-corrected chi connectivity index (χ4v) is 2.51. The first-order valence-corrected chi connectivity index (χ1v) is 6.86. The molecular formula is C15H19N5. The average molecular weight is 269 g/mol. The Hall–Kier alpha value is -2.30. The third-order valence-electron chi connectivity index (χ3n) is 3.67. The minimum Gasteiger partial charge on any atom is -0.396 e. The minimum atomic E-state index is 0.745. The SMILES string of the molecule is Cc1ccc(N2CCN(c3ccncc3N)CC2)nc1. The quantitative estimate of drug-likeness (QED) is 0.899. The molecule has 20 heavy (non-hydrogen) atoms. The lowest BCUT2D eigenvalue weighted by molar-refractivity contribution is 0.647. The molecule has 0 spiro atoms. The first-order chi connectivity index (χ1) is 9.74. The highest BCUT2D eigenvalue weighted by Crippen LogP contribution is 2.23. The van der Waals surface area contributed by atoms with Gasteiger partial charge in [-0.3, -0.25) is 4.98 Å². The standard InChI is InChI=1S/C15H19N5/c1-12-2-3-15(18-10-12)20-8-6-19(7-9-20)14-4-5-17-11-13(14)16/h2-5,10-11H,6-9,16H2,1H3. The maximum absolute atomic E-state index is 5.98. The normalized spacial score (nSPS) is 15.4. The second-order valence-corrected chi connectivity index (χ2v) is 5.10. The summed E-state index contributed by atoms with van der Waals surface area (Å²) in [4.78, 5) is 13.1. The summed E-state index contributed by atoms with van der Waals surface area (Å²) in [5, 5.41) is 0. The van der Waals surface area contributed by atoms with Gasteiger partial charge in [0.1, 0.15) is 5.82 Å². The lowest BCUT2D eigenvalue weighted by atomic mass is 10.2. The summed E-state index contributed by atoms with van der Waals surface area (Å²) in [7, 11) is 0. The third kappa shape index (κ3) is 2.52. The van der Waals surface area contributed by atoms with Crippen molar-refractivity contribution in [3.8, 4) is 0 Å². The van der Waals surface area contributed by atoms with Gasteiger partial charge in [0.25, 0.3) is 0 Å². The molecule has 5 heteroatoms. The Kier molecular flexibility index (Phi) is 3.41. The predicted octanol–water partition coefficient (Wildman–Crippen LogP) is 1.69. The van der Waals surface area contributed by atoms with Gasteiger partial charge in [-0.2, -0.15) is 0 Å². The number of hydrogen-bond donors (Lipinski definition) is 1. The molecule has 5 nitrogen and oxygen atoms in total. The maximum atomic E-state index is 5.98. The van der Waals surface area contributed by atoms with Crippen LogP contribution in [0.25, 0.3) is 0 Å². The largest absolute Gasteiger partial charge is 0.396 e. The van der Waals surface area contributed by atoms with E-state index in [1.54, 1.807) is 12.4 Å². The van der Waals surface area contributed by atoms with Crippen LogP contribution < -0.4 is 15.5 Å². The molecule has 2 aromatic rings. The molecule has 0 aliphatic carbocycles. The number of hydrogen-bond acceptors (Lipinski definition) is 5. The Morgan fingerprint density at radius 2 is 1.75 bits per heavy atom. The number of nitrogens with two attached hydrogens (primary N) is 1. The first-order valence-electron chi connectivity index (χ1n) is 6.86. The van der Waals surface area contributed by atoms with E-state index in [0.717, 1.165) is 43.4 Å². The van der Waals surface area contributed by atoms with Crippen LogP contribution in [0, 0.1) is 6.92 Å². The Morgan fingerprint density at radius 3 is 2.40 bits per heavy atom. The Bertz CT molecular complexity index is 573. The second kappa shape index (κ2) is 5.36. The van der Waals surface area contributed by atoms with Crippen molar-refractivity contribution in [2.24, 2.45) is 0 Å². The van der Waals surface area contributed by atoms with E-state index in [4.69, 9.17) is 5.73 Å². The number of piperazine rings is 1. The lowest BCUT2D eigenvalue weighted by Crippen LogP contribution is -2.47. The number of anilines is 3. The molecule has 1 saturated heterocycles. The summed E-state index contributed by atoms with van der Waals surface area (Å²) in [6, 6.07) is 6.18. The highest BCUT2D eigenvalue weighted by molar-refractivity contribution is 5.66. The molecule has 1 fully saturated rings. The van der Waals surface area contributed by atoms with Crippen molar-refractivity contribution in [2.45, 2.75) is 6.92 Å². The highest BCUT2D eigenvalue weighted by Gasteiger charge is 2.19. The van der Waals surface area contributed by atoms with E-state index >= 15 is 0 Å². The van der Waals surface area contributed by atoms with E-state index in [0.29, 0.717) is 0 Å². The zero-order chi connectivity index (χ0) is 13.9. The molecule has 104 valence electrons. The predicted molar refractivity (Wildman–Crippen MR) is 82.0 cm³/mol. The van der Waals surface area contributed by atoms with Crippen molar-refractivity contribution in [1.29, 1.82) is 0 Å². The van der Waals surface area contributed by atoms with Gasteiger partial charge < -0.3 is 15.5 Å². The molecule has 0 aromatic carbocycles. The van der Waals surface area contributed by atoms with Crippen LogP contribution in [-0.4, -0.2) is 36.1 Å². The van der Waals surface area contributed by atoms with Gasteiger partial charge in [-0.05, 0) is 24.6 Å².